The van der Waals surface area contributed by atoms with Gasteiger partial charge in [-0.1, -0.05) is 13.0 Å². The van der Waals surface area contributed by atoms with Crippen LogP contribution in [0.1, 0.15) is 30.8 Å². The van der Waals surface area contributed by atoms with Crippen LogP contribution in [0.5, 0.6) is 5.75 Å². The Morgan fingerprint density at radius 2 is 2.24 bits per heavy atom. The van der Waals surface area contributed by atoms with Crippen LogP contribution < -0.4 is 10.1 Å². The summed E-state index contributed by atoms with van der Waals surface area (Å²) in [5, 5.41) is 3.17. The molecule has 0 spiro atoms. The van der Waals surface area contributed by atoms with Crippen LogP contribution in [0.2, 0.25) is 0 Å². The zero-order chi connectivity index (χ0) is 15.2. The van der Waals surface area contributed by atoms with E-state index in [0.717, 1.165) is 18.8 Å². The summed E-state index contributed by atoms with van der Waals surface area (Å²) < 4.78 is 21.6. The second kappa shape index (κ2) is 7.22. The Hall–Kier alpha value is -1.88. The van der Waals surface area contributed by atoms with Crippen LogP contribution in [0.25, 0.3) is 0 Å². The molecule has 1 aromatic heterocycles. The number of ether oxygens (including phenoxy) is 1. The predicted octanol–water partition coefficient (Wildman–Crippen LogP) is 2.94. The summed E-state index contributed by atoms with van der Waals surface area (Å²) in [6.07, 6.45) is 5.40. The van der Waals surface area contributed by atoms with Crippen molar-refractivity contribution in [1.82, 2.24) is 14.9 Å². The van der Waals surface area contributed by atoms with Crippen molar-refractivity contribution in [2.75, 3.05) is 14.2 Å². The molecule has 0 fully saturated rings. The molecule has 0 radical (unpaired) electrons. The minimum absolute atomic E-state index is 0.181. The lowest BCUT2D eigenvalue weighted by atomic mass is 10.0. The van der Waals surface area contributed by atoms with Gasteiger partial charge in [-0.2, -0.15) is 0 Å². The molecule has 0 bridgehead atoms. The number of hydrogen-bond acceptors (Lipinski definition) is 3. The van der Waals surface area contributed by atoms with Crippen LogP contribution in [-0.2, 0) is 13.0 Å². The summed E-state index contributed by atoms with van der Waals surface area (Å²) in [6.45, 7) is 3.04. The van der Waals surface area contributed by atoms with E-state index in [-0.39, 0.29) is 11.9 Å². The fraction of sp³-hybridized carbons (Fsp3) is 0.438. The van der Waals surface area contributed by atoms with Gasteiger partial charge < -0.3 is 14.6 Å². The lowest BCUT2D eigenvalue weighted by molar-refractivity contribution is 0.391. The molecule has 0 aliphatic carbocycles. The first kappa shape index (κ1) is 15.5. The first-order chi connectivity index (χ1) is 10.2. The normalized spacial score (nSPS) is 12.4. The third-order valence-electron chi connectivity index (χ3n) is 3.58. The van der Waals surface area contributed by atoms with Gasteiger partial charge in [0.1, 0.15) is 17.4 Å². The van der Waals surface area contributed by atoms with E-state index >= 15 is 0 Å². The zero-order valence-corrected chi connectivity index (χ0v) is 12.8. The van der Waals surface area contributed by atoms with E-state index in [1.807, 2.05) is 13.2 Å². The average molecular weight is 291 g/mol. The Kier molecular flexibility index (Phi) is 5.33. The van der Waals surface area contributed by atoms with Crippen LogP contribution >= 0.6 is 0 Å². The van der Waals surface area contributed by atoms with Crippen molar-refractivity contribution in [2.45, 2.75) is 32.4 Å². The number of nitrogens with zero attached hydrogens (tertiary/aromatic N) is 2. The highest BCUT2D eigenvalue weighted by atomic mass is 19.1. The van der Waals surface area contributed by atoms with Gasteiger partial charge >= 0.3 is 0 Å². The van der Waals surface area contributed by atoms with Crippen molar-refractivity contribution in [3.8, 4) is 5.75 Å². The second-order valence-electron chi connectivity index (χ2n) is 4.94. The molecule has 1 unspecified atom stereocenters. The third kappa shape index (κ3) is 3.42. The Balaban J connectivity index is 2.30. The highest BCUT2D eigenvalue weighted by molar-refractivity contribution is 5.37. The number of aryl methyl sites for hydroxylation is 1. The van der Waals surface area contributed by atoms with Crippen LogP contribution in [0, 0.1) is 5.82 Å². The molecule has 0 aliphatic heterocycles. The van der Waals surface area contributed by atoms with Crippen LogP contribution in [0.15, 0.2) is 30.6 Å². The third-order valence-corrected chi connectivity index (χ3v) is 3.58. The zero-order valence-electron chi connectivity index (χ0n) is 12.8. The number of aromatic nitrogens is 2. The minimum atomic E-state index is -0.262. The maximum Gasteiger partial charge on any atom is 0.131 e. The van der Waals surface area contributed by atoms with Crippen molar-refractivity contribution < 1.29 is 9.13 Å². The van der Waals surface area contributed by atoms with Crippen molar-refractivity contribution in [3.63, 3.8) is 0 Å². The quantitative estimate of drug-likeness (QED) is 0.852. The monoisotopic (exact) mass is 291 g/mol. The number of methoxy groups -OCH3 is 1. The van der Waals surface area contributed by atoms with Gasteiger partial charge in [-0.25, -0.2) is 9.37 Å². The molecule has 2 rings (SSSR count). The van der Waals surface area contributed by atoms with Gasteiger partial charge in [-0.05, 0) is 25.6 Å². The van der Waals surface area contributed by atoms with Gasteiger partial charge in [-0.3, -0.25) is 0 Å². The number of halogens is 1. The molecule has 1 aromatic carbocycles. The Morgan fingerprint density at radius 3 is 2.90 bits per heavy atom. The first-order valence-electron chi connectivity index (χ1n) is 7.20. The lowest BCUT2D eigenvalue weighted by Crippen LogP contribution is -2.22. The molecule has 0 saturated carbocycles. The summed E-state index contributed by atoms with van der Waals surface area (Å²) in [6, 6.07) is 4.71. The van der Waals surface area contributed by atoms with Gasteiger partial charge in [0.25, 0.3) is 0 Å². The number of benzene rings is 1. The van der Waals surface area contributed by atoms with Gasteiger partial charge in [0.05, 0.1) is 7.11 Å². The number of nitrogens with one attached hydrogen (secondary N) is 1. The lowest BCUT2D eigenvalue weighted by Gasteiger charge is -2.20. The largest absolute Gasteiger partial charge is 0.496 e. The molecule has 0 saturated heterocycles. The smallest absolute Gasteiger partial charge is 0.131 e. The fourth-order valence-corrected chi connectivity index (χ4v) is 2.54. The summed E-state index contributed by atoms with van der Waals surface area (Å²) in [5.74, 6) is 1.24. The summed E-state index contributed by atoms with van der Waals surface area (Å²) in [7, 11) is 3.38. The van der Waals surface area contributed by atoms with Crippen LogP contribution in [-0.4, -0.2) is 23.7 Å². The number of rotatable bonds is 7. The number of hydrogen-bond donors (Lipinski definition) is 1. The topological polar surface area (TPSA) is 39.1 Å². The molecular weight excluding hydrogens is 269 g/mol. The predicted molar refractivity (Wildman–Crippen MR) is 81.0 cm³/mol. The van der Waals surface area contributed by atoms with E-state index < -0.39 is 0 Å². The molecule has 21 heavy (non-hydrogen) atoms. The Bertz CT molecular complexity index is 583. The molecule has 2 aromatic rings. The van der Waals surface area contributed by atoms with Gasteiger partial charge in [0.2, 0.25) is 0 Å². The van der Waals surface area contributed by atoms with Crippen molar-refractivity contribution >= 4 is 0 Å². The molecule has 4 nitrogen and oxygen atoms in total. The van der Waals surface area contributed by atoms with Gasteiger partial charge in [0, 0.05) is 37.0 Å². The molecule has 5 heteroatoms. The first-order valence-corrected chi connectivity index (χ1v) is 7.20. The molecule has 1 heterocycles. The number of imidazole rings is 1. The van der Waals surface area contributed by atoms with Crippen molar-refractivity contribution in [3.05, 3.63) is 47.8 Å². The van der Waals surface area contributed by atoms with Gasteiger partial charge in [0.15, 0.2) is 0 Å². The number of likely N-dealkylation sites (N-methyl/N-ethyl adjacent to an activating group) is 1. The summed E-state index contributed by atoms with van der Waals surface area (Å²) in [4.78, 5) is 4.39. The minimum Gasteiger partial charge on any atom is -0.496 e. The van der Waals surface area contributed by atoms with E-state index in [1.54, 1.807) is 25.4 Å². The molecule has 1 N–H and O–H groups in total. The molecule has 0 aliphatic rings. The van der Waals surface area contributed by atoms with E-state index in [2.05, 4.69) is 21.8 Å². The van der Waals surface area contributed by atoms with E-state index in [4.69, 9.17) is 4.74 Å². The summed E-state index contributed by atoms with van der Waals surface area (Å²) >= 11 is 0. The molecule has 1 atom stereocenters. The highest BCUT2D eigenvalue weighted by Crippen LogP contribution is 2.29. The fourth-order valence-electron chi connectivity index (χ4n) is 2.54. The Labute approximate surface area is 125 Å². The Morgan fingerprint density at radius 1 is 1.43 bits per heavy atom. The molecule has 0 amide bonds. The van der Waals surface area contributed by atoms with E-state index in [1.165, 1.54) is 6.07 Å². The van der Waals surface area contributed by atoms with Crippen LogP contribution in [0.3, 0.4) is 0 Å². The molecule has 114 valence electrons. The summed E-state index contributed by atoms with van der Waals surface area (Å²) in [5.41, 5.74) is 0.550. The average Bonchev–Trinajstić information content (AvgIpc) is 2.92. The maximum absolute atomic E-state index is 14.2. The highest BCUT2D eigenvalue weighted by Gasteiger charge is 2.21. The second-order valence-corrected chi connectivity index (χ2v) is 4.94. The van der Waals surface area contributed by atoms with E-state index in [9.17, 15) is 4.39 Å². The standard InChI is InChI=1S/C16H22FN3O/c1-4-9-20-10-8-19-15(20)11-13(18-2)16-12(17)6-5-7-14(16)21-3/h5-8,10,13,18H,4,9,11H2,1-3H3. The SMILES string of the molecule is CCCn1ccnc1CC(NC)c1c(F)cccc1OC. The maximum atomic E-state index is 14.2. The molecular formula is C16H22FN3O. The van der Waals surface area contributed by atoms with Crippen molar-refractivity contribution in [2.24, 2.45) is 0 Å². The van der Waals surface area contributed by atoms with Gasteiger partial charge in [-0.15, -0.1) is 0 Å². The van der Waals surface area contributed by atoms with Crippen LogP contribution in [0.4, 0.5) is 4.39 Å². The van der Waals surface area contributed by atoms with E-state index in [0.29, 0.717) is 17.7 Å². The van der Waals surface area contributed by atoms with Crippen molar-refractivity contribution in [1.29, 1.82) is 0 Å².